The number of nitrogens with zero attached hydrogens (tertiary/aromatic N) is 2. The molecule has 10 heteroatoms. The maximum atomic E-state index is 12.9. The van der Waals surface area contributed by atoms with E-state index in [4.69, 9.17) is 10.8 Å². The third kappa shape index (κ3) is 4.79. The van der Waals surface area contributed by atoms with E-state index < -0.39 is 48.5 Å². The van der Waals surface area contributed by atoms with E-state index in [2.05, 4.69) is 0 Å². The number of piperazine rings is 1. The standard InChI is InChI=1S/C18H29N3O7/c19-7-3-1-2-4-14(23)20-9-12-8-11(5-6-15(24)25)16(18(27)28)21(12)17(26)13(20)10-22/h11-13,16,22H,1-10,19H2,(H,24,25)(H,27,28)/t11-,12-,13-,16-/m0/s1. The van der Waals surface area contributed by atoms with Crippen molar-refractivity contribution in [3.05, 3.63) is 0 Å². The molecule has 10 nitrogen and oxygen atoms in total. The van der Waals surface area contributed by atoms with Crippen molar-refractivity contribution in [2.24, 2.45) is 11.7 Å². The average Bonchev–Trinajstić information content (AvgIpc) is 3.02. The number of carboxylic acid groups (broad SMARTS) is 2. The molecular weight excluding hydrogens is 370 g/mol. The summed E-state index contributed by atoms with van der Waals surface area (Å²) in [5.74, 6) is -3.54. The van der Waals surface area contributed by atoms with Crippen LogP contribution in [0.2, 0.25) is 0 Å². The summed E-state index contributed by atoms with van der Waals surface area (Å²) in [5.41, 5.74) is 5.44. The van der Waals surface area contributed by atoms with Crippen LogP contribution < -0.4 is 5.73 Å². The fourth-order valence-electron chi connectivity index (χ4n) is 4.28. The van der Waals surface area contributed by atoms with Crippen LogP contribution in [0.5, 0.6) is 0 Å². The Morgan fingerprint density at radius 2 is 1.82 bits per heavy atom. The van der Waals surface area contributed by atoms with Crippen LogP contribution in [0.15, 0.2) is 0 Å². The largest absolute Gasteiger partial charge is 0.481 e. The molecule has 0 radical (unpaired) electrons. The molecule has 2 saturated heterocycles. The summed E-state index contributed by atoms with van der Waals surface area (Å²) in [5, 5.41) is 28.2. The van der Waals surface area contributed by atoms with Crippen LogP contribution in [0.4, 0.5) is 0 Å². The lowest BCUT2D eigenvalue weighted by atomic mass is 9.93. The molecule has 2 rings (SSSR count). The number of fused-ring (bicyclic) bond motifs is 1. The van der Waals surface area contributed by atoms with Crippen LogP contribution in [0.1, 0.15) is 44.9 Å². The quantitative estimate of drug-likeness (QED) is 0.349. The summed E-state index contributed by atoms with van der Waals surface area (Å²) in [6.07, 6.45) is 2.75. The number of aliphatic carboxylic acids is 2. The topological polar surface area (TPSA) is 161 Å². The predicted molar refractivity (Wildman–Crippen MR) is 97.1 cm³/mol. The lowest BCUT2D eigenvalue weighted by molar-refractivity contribution is -0.163. The van der Waals surface area contributed by atoms with Gasteiger partial charge < -0.3 is 30.9 Å². The first-order valence-corrected chi connectivity index (χ1v) is 9.69. The fraction of sp³-hybridized carbons (Fsp3) is 0.778. The predicted octanol–water partition coefficient (Wildman–Crippen LogP) is -0.756. The highest BCUT2D eigenvalue weighted by Crippen LogP contribution is 2.37. The summed E-state index contributed by atoms with van der Waals surface area (Å²) in [7, 11) is 0. The first-order chi connectivity index (χ1) is 13.3. The van der Waals surface area contributed by atoms with E-state index in [1.165, 1.54) is 9.80 Å². The van der Waals surface area contributed by atoms with Gasteiger partial charge >= 0.3 is 11.9 Å². The number of carbonyl (C=O) groups is 4. The lowest BCUT2D eigenvalue weighted by Crippen LogP contribution is -2.64. The number of rotatable bonds is 10. The minimum absolute atomic E-state index is 0.142. The van der Waals surface area contributed by atoms with Crippen molar-refractivity contribution in [1.82, 2.24) is 9.80 Å². The lowest BCUT2D eigenvalue weighted by Gasteiger charge is -2.43. The summed E-state index contributed by atoms with van der Waals surface area (Å²) in [4.78, 5) is 50.7. The second kappa shape index (κ2) is 9.83. The number of hydrogen-bond acceptors (Lipinski definition) is 6. The number of amides is 2. The van der Waals surface area contributed by atoms with Crippen LogP contribution in [0, 0.1) is 5.92 Å². The number of unbranched alkanes of at least 4 members (excludes halogenated alkanes) is 2. The van der Waals surface area contributed by atoms with Gasteiger partial charge in [-0.05, 0) is 38.1 Å². The monoisotopic (exact) mass is 399 g/mol. The van der Waals surface area contributed by atoms with E-state index >= 15 is 0 Å². The molecular formula is C18H29N3O7. The Kier molecular flexibility index (Phi) is 7.76. The van der Waals surface area contributed by atoms with Crippen LogP contribution in [-0.2, 0) is 19.2 Å². The fourth-order valence-corrected chi connectivity index (χ4v) is 4.28. The Morgan fingerprint density at radius 3 is 2.39 bits per heavy atom. The van der Waals surface area contributed by atoms with Gasteiger partial charge in [0.2, 0.25) is 11.8 Å². The van der Waals surface area contributed by atoms with Crippen molar-refractivity contribution >= 4 is 23.8 Å². The van der Waals surface area contributed by atoms with Crippen molar-refractivity contribution in [3.8, 4) is 0 Å². The number of aliphatic hydroxyl groups excluding tert-OH is 1. The van der Waals surface area contributed by atoms with Crippen LogP contribution >= 0.6 is 0 Å². The van der Waals surface area contributed by atoms with Gasteiger partial charge in [-0.1, -0.05) is 6.42 Å². The Balaban J connectivity index is 2.14. The highest BCUT2D eigenvalue weighted by molar-refractivity contribution is 5.92. The summed E-state index contributed by atoms with van der Waals surface area (Å²) in [6, 6.07) is -2.71. The Bertz CT molecular complexity index is 612. The molecule has 0 saturated carbocycles. The van der Waals surface area contributed by atoms with Crippen LogP contribution in [0.3, 0.4) is 0 Å². The number of carbonyl (C=O) groups excluding carboxylic acids is 2. The van der Waals surface area contributed by atoms with Gasteiger partial charge in [0.1, 0.15) is 12.1 Å². The van der Waals surface area contributed by atoms with E-state index in [9.17, 15) is 29.4 Å². The molecule has 4 atom stereocenters. The maximum Gasteiger partial charge on any atom is 0.326 e. The van der Waals surface area contributed by atoms with E-state index in [1.54, 1.807) is 0 Å². The van der Waals surface area contributed by atoms with Gasteiger partial charge in [0.25, 0.3) is 0 Å². The molecule has 5 N–H and O–H groups in total. The molecule has 2 aliphatic heterocycles. The molecule has 0 aromatic rings. The molecule has 2 fully saturated rings. The third-order valence-electron chi connectivity index (χ3n) is 5.61. The van der Waals surface area contributed by atoms with Gasteiger partial charge in [0.05, 0.1) is 12.6 Å². The van der Waals surface area contributed by atoms with E-state index in [0.717, 1.165) is 12.8 Å². The molecule has 2 aliphatic rings. The molecule has 28 heavy (non-hydrogen) atoms. The van der Waals surface area contributed by atoms with Gasteiger partial charge in [-0.3, -0.25) is 14.4 Å². The molecule has 0 aromatic heterocycles. The zero-order valence-corrected chi connectivity index (χ0v) is 15.8. The number of nitrogens with two attached hydrogens (primary N) is 1. The van der Waals surface area contributed by atoms with Gasteiger partial charge in [-0.25, -0.2) is 4.79 Å². The first-order valence-electron chi connectivity index (χ1n) is 9.69. The maximum absolute atomic E-state index is 12.9. The summed E-state index contributed by atoms with van der Waals surface area (Å²) in [6.45, 7) is 0.115. The van der Waals surface area contributed by atoms with Gasteiger partial charge in [-0.2, -0.15) is 0 Å². The average molecular weight is 399 g/mol. The highest BCUT2D eigenvalue weighted by atomic mass is 16.4. The Hall–Kier alpha value is -2.20. The first kappa shape index (κ1) is 22.1. The number of hydrogen-bond donors (Lipinski definition) is 4. The van der Waals surface area contributed by atoms with Crippen LogP contribution in [-0.4, -0.2) is 86.7 Å². The Morgan fingerprint density at radius 1 is 1.11 bits per heavy atom. The van der Waals surface area contributed by atoms with Crippen LogP contribution in [0.25, 0.3) is 0 Å². The van der Waals surface area contributed by atoms with Crippen molar-refractivity contribution < 1.29 is 34.5 Å². The molecule has 0 bridgehead atoms. The van der Waals surface area contributed by atoms with Crippen molar-refractivity contribution in [3.63, 3.8) is 0 Å². The number of carboxylic acids is 2. The molecule has 2 heterocycles. The zero-order chi connectivity index (χ0) is 20.8. The minimum Gasteiger partial charge on any atom is -0.481 e. The van der Waals surface area contributed by atoms with Crippen molar-refractivity contribution in [2.75, 3.05) is 19.7 Å². The molecule has 0 spiro atoms. The SMILES string of the molecule is NCCCCCC(=O)N1C[C@@H]2C[C@H](CCC(=O)O)[C@@H](C(=O)O)N2C(=O)[C@@H]1CO. The van der Waals surface area contributed by atoms with Gasteiger partial charge in [0.15, 0.2) is 0 Å². The van der Waals surface area contributed by atoms with Crippen molar-refractivity contribution in [2.45, 2.75) is 63.1 Å². The van der Waals surface area contributed by atoms with Gasteiger partial charge in [-0.15, -0.1) is 0 Å². The number of aliphatic hydroxyl groups is 1. The molecule has 0 unspecified atom stereocenters. The van der Waals surface area contributed by atoms with E-state index in [0.29, 0.717) is 19.4 Å². The highest BCUT2D eigenvalue weighted by Gasteiger charge is 2.53. The molecule has 0 aliphatic carbocycles. The third-order valence-corrected chi connectivity index (χ3v) is 5.61. The summed E-state index contributed by atoms with van der Waals surface area (Å²) < 4.78 is 0. The summed E-state index contributed by atoms with van der Waals surface area (Å²) >= 11 is 0. The molecule has 2 amide bonds. The Labute approximate surface area is 163 Å². The normalized spacial score (nSPS) is 27.0. The van der Waals surface area contributed by atoms with Crippen molar-refractivity contribution in [1.29, 1.82) is 0 Å². The van der Waals surface area contributed by atoms with E-state index in [-0.39, 0.29) is 31.7 Å². The van der Waals surface area contributed by atoms with Gasteiger partial charge in [0, 0.05) is 19.4 Å². The zero-order valence-electron chi connectivity index (χ0n) is 15.8. The molecule has 158 valence electrons. The second-order valence-corrected chi connectivity index (χ2v) is 7.45. The van der Waals surface area contributed by atoms with E-state index in [1.807, 2.05) is 0 Å². The smallest absolute Gasteiger partial charge is 0.326 e. The minimum atomic E-state index is -1.19. The molecule has 0 aromatic carbocycles. The second-order valence-electron chi connectivity index (χ2n) is 7.45.